The average molecular weight is 384 g/mol. The molecule has 0 bridgehead atoms. The predicted octanol–water partition coefficient (Wildman–Crippen LogP) is 5.28. The van der Waals surface area contributed by atoms with Gasteiger partial charge in [0, 0.05) is 22.9 Å². The van der Waals surface area contributed by atoms with Gasteiger partial charge in [-0.3, -0.25) is 4.79 Å². The van der Waals surface area contributed by atoms with Gasteiger partial charge in [0.05, 0.1) is 11.4 Å². The van der Waals surface area contributed by atoms with Gasteiger partial charge in [0.2, 0.25) is 0 Å². The largest absolute Gasteiger partial charge is 0.508 e. The van der Waals surface area contributed by atoms with Gasteiger partial charge >= 0.3 is 0 Å². The number of halogens is 1. The summed E-state index contributed by atoms with van der Waals surface area (Å²) in [5.74, 6) is -0.529. The quantitative estimate of drug-likeness (QED) is 0.376. The third-order valence-electron chi connectivity index (χ3n) is 4.43. The van der Waals surface area contributed by atoms with Gasteiger partial charge in [-0.25, -0.2) is 9.07 Å². The van der Waals surface area contributed by atoms with E-state index in [0.29, 0.717) is 16.8 Å². The number of aromatic hydroxyl groups is 1. The molecule has 0 atom stereocenters. The first-order chi connectivity index (χ1) is 14.1. The first kappa shape index (κ1) is 18.4. The van der Waals surface area contributed by atoms with Crippen molar-refractivity contribution in [2.45, 2.75) is 0 Å². The second-order valence-electron chi connectivity index (χ2n) is 6.47. The molecule has 0 radical (unpaired) electrons. The van der Waals surface area contributed by atoms with E-state index in [1.54, 1.807) is 35.0 Å². The minimum Gasteiger partial charge on any atom is -0.508 e. The number of benzene rings is 3. The SMILES string of the molecule is O=C(C=Cc1cn(-c2ccccc2)nc1-c1ccc(F)cc1)c1cccc(O)c1. The Kier molecular flexibility index (Phi) is 5.03. The normalized spacial score (nSPS) is 11.1. The molecule has 1 aromatic heterocycles. The summed E-state index contributed by atoms with van der Waals surface area (Å²) in [6.07, 6.45) is 4.94. The Hall–Kier alpha value is -3.99. The van der Waals surface area contributed by atoms with Crippen molar-refractivity contribution in [1.29, 1.82) is 0 Å². The highest BCUT2D eigenvalue weighted by Gasteiger charge is 2.11. The third-order valence-corrected chi connectivity index (χ3v) is 4.43. The molecule has 5 heteroatoms. The van der Waals surface area contributed by atoms with Crippen LogP contribution in [0.1, 0.15) is 15.9 Å². The number of allylic oxidation sites excluding steroid dienone is 1. The van der Waals surface area contributed by atoms with Crippen LogP contribution in [0.5, 0.6) is 5.75 Å². The van der Waals surface area contributed by atoms with Crippen LogP contribution in [0.15, 0.2) is 91.1 Å². The molecule has 0 aliphatic heterocycles. The zero-order chi connectivity index (χ0) is 20.2. The van der Waals surface area contributed by atoms with Crippen molar-refractivity contribution in [3.63, 3.8) is 0 Å². The molecule has 4 aromatic rings. The highest BCUT2D eigenvalue weighted by Crippen LogP contribution is 2.25. The van der Waals surface area contributed by atoms with Crippen LogP contribution in [0.25, 0.3) is 23.0 Å². The molecule has 3 aromatic carbocycles. The summed E-state index contributed by atoms with van der Waals surface area (Å²) >= 11 is 0. The molecule has 29 heavy (non-hydrogen) atoms. The van der Waals surface area contributed by atoms with Crippen LogP contribution in [0.2, 0.25) is 0 Å². The lowest BCUT2D eigenvalue weighted by Gasteiger charge is -2.00. The van der Waals surface area contributed by atoms with Crippen LogP contribution in [0.3, 0.4) is 0 Å². The Morgan fingerprint density at radius 3 is 2.45 bits per heavy atom. The van der Waals surface area contributed by atoms with E-state index in [1.807, 2.05) is 36.5 Å². The van der Waals surface area contributed by atoms with Crippen molar-refractivity contribution in [2.75, 3.05) is 0 Å². The molecule has 142 valence electrons. The molecule has 0 amide bonds. The second-order valence-corrected chi connectivity index (χ2v) is 6.47. The van der Waals surface area contributed by atoms with E-state index in [2.05, 4.69) is 5.10 Å². The summed E-state index contributed by atoms with van der Waals surface area (Å²) in [6.45, 7) is 0. The number of hydrogen-bond acceptors (Lipinski definition) is 3. The number of carbonyl (C=O) groups excluding carboxylic acids is 1. The van der Waals surface area contributed by atoms with E-state index >= 15 is 0 Å². The number of carbonyl (C=O) groups is 1. The van der Waals surface area contributed by atoms with Crippen LogP contribution in [-0.4, -0.2) is 20.7 Å². The number of hydrogen-bond donors (Lipinski definition) is 1. The Labute approximate surface area is 167 Å². The molecule has 0 aliphatic carbocycles. The van der Waals surface area contributed by atoms with Gasteiger partial charge in [-0.15, -0.1) is 0 Å². The number of ketones is 1. The van der Waals surface area contributed by atoms with Crippen LogP contribution >= 0.6 is 0 Å². The fraction of sp³-hybridized carbons (Fsp3) is 0. The van der Waals surface area contributed by atoms with Gasteiger partial charge in [-0.1, -0.05) is 30.3 Å². The number of aromatic nitrogens is 2. The van der Waals surface area contributed by atoms with E-state index in [-0.39, 0.29) is 17.3 Å². The maximum absolute atomic E-state index is 13.3. The van der Waals surface area contributed by atoms with Gasteiger partial charge in [-0.05, 0) is 60.7 Å². The first-order valence-electron chi connectivity index (χ1n) is 9.02. The van der Waals surface area contributed by atoms with Crippen LogP contribution in [0, 0.1) is 5.82 Å². The monoisotopic (exact) mass is 384 g/mol. The number of para-hydroxylation sites is 1. The van der Waals surface area contributed by atoms with Crippen LogP contribution in [-0.2, 0) is 0 Å². The van der Waals surface area contributed by atoms with Crippen molar-refractivity contribution in [3.05, 3.63) is 108 Å². The molecule has 1 N–H and O–H groups in total. The van der Waals surface area contributed by atoms with E-state index < -0.39 is 0 Å². The molecule has 0 spiro atoms. The van der Waals surface area contributed by atoms with Gasteiger partial charge in [0.15, 0.2) is 5.78 Å². The van der Waals surface area contributed by atoms with Crippen molar-refractivity contribution in [3.8, 4) is 22.7 Å². The summed E-state index contributed by atoms with van der Waals surface area (Å²) in [6, 6.07) is 21.8. The minimum absolute atomic E-state index is 0.0353. The van der Waals surface area contributed by atoms with Gasteiger partial charge in [0.25, 0.3) is 0 Å². The van der Waals surface area contributed by atoms with E-state index in [0.717, 1.165) is 11.3 Å². The Bertz CT molecular complexity index is 1180. The molecule has 0 unspecified atom stereocenters. The molecular weight excluding hydrogens is 367 g/mol. The lowest BCUT2D eigenvalue weighted by atomic mass is 10.1. The zero-order valence-electron chi connectivity index (χ0n) is 15.4. The van der Waals surface area contributed by atoms with Crippen LogP contribution in [0.4, 0.5) is 4.39 Å². The molecule has 0 aliphatic rings. The van der Waals surface area contributed by atoms with Gasteiger partial charge in [-0.2, -0.15) is 5.10 Å². The standard InChI is InChI=1S/C24H17FN2O2/c25-20-12-9-17(10-13-20)24-19(16-27(26-24)21-6-2-1-3-7-21)11-14-23(29)18-5-4-8-22(28)15-18/h1-16,28H. The Morgan fingerprint density at radius 1 is 0.966 bits per heavy atom. The number of rotatable bonds is 5. The van der Waals surface area contributed by atoms with Crippen molar-refractivity contribution < 1.29 is 14.3 Å². The molecule has 4 rings (SSSR count). The summed E-state index contributed by atoms with van der Waals surface area (Å²) < 4.78 is 15.1. The van der Waals surface area contributed by atoms with Crippen molar-refractivity contribution in [2.24, 2.45) is 0 Å². The van der Waals surface area contributed by atoms with Crippen LogP contribution < -0.4 is 0 Å². The summed E-state index contributed by atoms with van der Waals surface area (Å²) in [4.78, 5) is 12.5. The van der Waals surface area contributed by atoms with Crippen molar-refractivity contribution >= 4 is 11.9 Å². The minimum atomic E-state index is -0.326. The Morgan fingerprint density at radius 2 is 1.72 bits per heavy atom. The fourth-order valence-electron chi connectivity index (χ4n) is 2.98. The smallest absolute Gasteiger partial charge is 0.185 e. The number of phenols is 1. The molecule has 1 heterocycles. The zero-order valence-corrected chi connectivity index (χ0v) is 15.4. The molecule has 4 nitrogen and oxygen atoms in total. The molecular formula is C24H17FN2O2. The summed E-state index contributed by atoms with van der Waals surface area (Å²) in [5, 5.41) is 14.2. The maximum Gasteiger partial charge on any atom is 0.185 e. The third kappa shape index (κ3) is 4.14. The summed E-state index contributed by atoms with van der Waals surface area (Å²) in [7, 11) is 0. The molecule has 0 saturated heterocycles. The Balaban J connectivity index is 1.73. The first-order valence-corrected chi connectivity index (χ1v) is 9.02. The second kappa shape index (κ2) is 7.94. The predicted molar refractivity (Wildman–Crippen MR) is 110 cm³/mol. The van der Waals surface area contributed by atoms with E-state index in [9.17, 15) is 14.3 Å². The van der Waals surface area contributed by atoms with Crippen molar-refractivity contribution in [1.82, 2.24) is 9.78 Å². The fourth-order valence-corrected chi connectivity index (χ4v) is 2.98. The van der Waals surface area contributed by atoms with E-state index in [4.69, 9.17) is 0 Å². The number of phenolic OH excluding ortho intramolecular Hbond substituents is 1. The molecule has 0 fully saturated rings. The molecule has 0 saturated carbocycles. The topological polar surface area (TPSA) is 55.1 Å². The van der Waals surface area contributed by atoms with Gasteiger partial charge in [0.1, 0.15) is 11.6 Å². The number of nitrogens with zero attached hydrogens (tertiary/aromatic N) is 2. The average Bonchev–Trinajstić information content (AvgIpc) is 3.17. The maximum atomic E-state index is 13.3. The highest BCUT2D eigenvalue weighted by molar-refractivity contribution is 6.07. The summed E-state index contributed by atoms with van der Waals surface area (Å²) in [5.41, 5.74) is 3.35. The lowest BCUT2D eigenvalue weighted by molar-refractivity contribution is 0.104. The highest BCUT2D eigenvalue weighted by atomic mass is 19.1. The van der Waals surface area contributed by atoms with E-state index in [1.165, 1.54) is 30.3 Å². The lowest BCUT2D eigenvalue weighted by Crippen LogP contribution is -1.94. The van der Waals surface area contributed by atoms with Gasteiger partial charge < -0.3 is 5.11 Å².